The molecule has 4 heteroatoms. The predicted molar refractivity (Wildman–Crippen MR) is 92.5 cm³/mol. The number of hydrogen-bond donors (Lipinski definition) is 1. The van der Waals surface area contributed by atoms with E-state index in [4.69, 9.17) is 16.3 Å². The normalized spacial score (nSPS) is 12.8. The minimum Gasteiger partial charge on any atom is -0.478 e. The fourth-order valence-corrected chi connectivity index (χ4v) is 2.36. The van der Waals surface area contributed by atoms with Gasteiger partial charge in [0.05, 0.1) is 0 Å². The second-order valence-electron chi connectivity index (χ2n) is 6.19. The van der Waals surface area contributed by atoms with Crippen LogP contribution in [0.1, 0.15) is 53.4 Å². The zero-order chi connectivity index (χ0) is 16.6. The van der Waals surface area contributed by atoms with Crippen LogP contribution in [-0.4, -0.2) is 18.1 Å². The fraction of sp³-hybridized carbons (Fsp3) is 0.611. The van der Waals surface area contributed by atoms with Crippen LogP contribution >= 0.6 is 11.6 Å². The summed E-state index contributed by atoms with van der Waals surface area (Å²) in [6.45, 7) is 8.63. The van der Waals surface area contributed by atoms with E-state index in [-0.39, 0.29) is 5.91 Å². The van der Waals surface area contributed by atoms with Crippen molar-refractivity contribution >= 4 is 17.5 Å². The van der Waals surface area contributed by atoms with Crippen molar-refractivity contribution in [1.29, 1.82) is 0 Å². The Morgan fingerprint density at radius 2 is 1.91 bits per heavy atom. The summed E-state index contributed by atoms with van der Waals surface area (Å²) in [5.74, 6) is 1.09. The second-order valence-corrected chi connectivity index (χ2v) is 6.63. The smallest absolute Gasteiger partial charge is 0.263 e. The molecule has 0 unspecified atom stereocenters. The molecule has 0 heterocycles. The van der Waals surface area contributed by atoms with Crippen LogP contribution in [-0.2, 0) is 4.79 Å². The molecule has 0 aromatic heterocycles. The maximum absolute atomic E-state index is 12.4. The molecule has 0 saturated heterocycles. The van der Waals surface area contributed by atoms with Crippen molar-refractivity contribution < 1.29 is 9.53 Å². The molecule has 1 N–H and O–H groups in total. The van der Waals surface area contributed by atoms with Gasteiger partial charge in [-0.3, -0.25) is 4.79 Å². The van der Waals surface area contributed by atoms with Crippen LogP contribution in [0.15, 0.2) is 24.3 Å². The molecule has 1 rings (SSSR count). The first kappa shape index (κ1) is 18.8. The Bertz CT molecular complexity index is 457. The van der Waals surface area contributed by atoms with Crippen molar-refractivity contribution in [3.63, 3.8) is 0 Å². The molecule has 1 atom stereocenters. The van der Waals surface area contributed by atoms with Crippen molar-refractivity contribution in [1.82, 2.24) is 5.32 Å². The molecule has 0 aliphatic heterocycles. The number of benzene rings is 1. The molecular formula is C18H28ClNO2. The molecule has 0 saturated carbocycles. The van der Waals surface area contributed by atoms with Gasteiger partial charge in [0.25, 0.3) is 5.91 Å². The largest absolute Gasteiger partial charge is 0.478 e. The third-order valence-electron chi connectivity index (χ3n) is 3.83. The van der Waals surface area contributed by atoms with E-state index in [0.717, 1.165) is 12.8 Å². The fourth-order valence-electron chi connectivity index (χ4n) is 2.24. The van der Waals surface area contributed by atoms with Gasteiger partial charge >= 0.3 is 0 Å². The summed E-state index contributed by atoms with van der Waals surface area (Å²) in [5, 5.41) is 3.67. The van der Waals surface area contributed by atoms with Gasteiger partial charge in [-0.15, -0.1) is 0 Å². The number of nitrogens with one attached hydrogen (secondary N) is 1. The molecular weight excluding hydrogens is 298 g/mol. The van der Waals surface area contributed by atoms with E-state index in [2.05, 4.69) is 19.2 Å². The average molecular weight is 326 g/mol. The van der Waals surface area contributed by atoms with Crippen LogP contribution in [0.4, 0.5) is 0 Å². The van der Waals surface area contributed by atoms with E-state index in [0.29, 0.717) is 23.2 Å². The summed E-state index contributed by atoms with van der Waals surface area (Å²) in [6, 6.07) is 7.05. The van der Waals surface area contributed by atoms with Gasteiger partial charge in [-0.05, 0) is 50.5 Å². The molecule has 0 radical (unpaired) electrons. The predicted octanol–water partition coefficient (Wildman–Crippen LogP) is 4.83. The van der Waals surface area contributed by atoms with Gasteiger partial charge in [-0.1, -0.05) is 44.7 Å². The third kappa shape index (κ3) is 6.27. The minimum absolute atomic E-state index is 0.0857. The molecule has 0 aliphatic rings. The SMILES string of the molecule is CCCC[C@H](CC)CNC(=O)C(C)(C)Oc1ccc(Cl)cc1. The zero-order valence-corrected chi connectivity index (χ0v) is 14.9. The van der Waals surface area contributed by atoms with E-state index in [1.165, 1.54) is 12.8 Å². The van der Waals surface area contributed by atoms with Gasteiger partial charge in [-0.2, -0.15) is 0 Å². The topological polar surface area (TPSA) is 38.3 Å². The summed E-state index contributed by atoms with van der Waals surface area (Å²) >= 11 is 5.85. The van der Waals surface area contributed by atoms with Gasteiger partial charge in [0.1, 0.15) is 5.75 Å². The van der Waals surface area contributed by atoms with E-state index >= 15 is 0 Å². The lowest BCUT2D eigenvalue weighted by molar-refractivity contribution is -0.134. The highest BCUT2D eigenvalue weighted by Crippen LogP contribution is 2.21. The molecule has 0 spiro atoms. The molecule has 1 aromatic carbocycles. The lowest BCUT2D eigenvalue weighted by atomic mass is 9.99. The highest BCUT2D eigenvalue weighted by Gasteiger charge is 2.30. The molecule has 0 aliphatic carbocycles. The van der Waals surface area contributed by atoms with Gasteiger partial charge < -0.3 is 10.1 Å². The Labute approximate surface area is 139 Å². The van der Waals surface area contributed by atoms with Gasteiger partial charge in [0.15, 0.2) is 5.60 Å². The lowest BCUT2D eigenvalue weighted by Crippen LogP contribution is -2.47. The minimum atomic E-state index is -0.906. The Hall–Kier alpha value is -1.22. The van der Waals surface area contributed by atoms with Gasteiger partial charge in [0, 0.05) is 11.6 Å². The second kappa shape index (κ2) is 9.04. The molecule has 3 nitrogen and oxygen atoms in total. The van der Waals surface area contributed by atoms with Crippen molar-refractivity contribution in [3.05, 3.63) is 29.3 Å². The van der Waals surface area contributed by atoms with E-state index in [1.807, 2.05) is 0 Å². The maximum atomic E-state index is 12.4. The van der Waals surface area contributed by atoms with Gasteiger partial charge in [-0.25, -0.2) is 0 Å². The molecule has 1 amide bonds. The molecule has 0 fully saturated rings. The summed E-state index contributed by atoms with van der Waals surface area (Å²) in [6.07, 6.45) is 4.64. The van der Waals surface area contributed by atoms with E-state index in [1.54, 1.807) is 38.1 Å². The first-order valence-electron chi connectivity index (χ1n) is 8.12. The average Bonchev–Trinajstić information content (AvgIpc) is 2.49. The number of unbranched alkanes of at least 4 members (excludes halogenated alkanes) is 1. The number of amides is 1. The zero-order valence-electron chi connectivity index (χ0n) is 14.1. The van der Waals surface area contributed by atoms with Crippen molar-refractivity contribution in [2.75, 3.05) is 6.54 Å². The molecule has 22 heavy (non-hydrogen) atoms. The Morgan fingerprint density at radius 1 is 1.27 bits per heavy atom. The number of rotatable bonds is 9. The van der Waals surface area contributed by atoms with Crippen LogP contribution in [0.5, 0.6) is 5.75 Å². The van der Waals surface area contributed by atoms with Crippen LogP contribution in [0.25, 0.3) is 0 Å². The summed E-state index contributed by atoms with van der Waals surface area (Å²) in [5.41, 5.74) is -0.906. The van der Waals surface area contributed by atoms with Gasteiger partial charge in [0.2, 0.25) is 0 Å². The Balaban J connectivity index is 2.52. The molecule has 1 aromatic rings. The Kier molecular flexibility index (Phi) is 7.74. The quantitative estimate of drug-likeness (QED) is 0.706. The van der Waals surface area contributed by atoms with Crippen molar-refractivity contribution in [3.8, 4) is 5.75 Å². The Morgan fingerprint density at radius 3 is 2.45 bits per heavy atom. The number of halogens is 1. The molecule has 0 bridgehead atoms. The third-order valence-corrected chi connectivity index (χ3v) is 4.08. The van der Waals surface area contributed by atoms with Crippen molar-refractivity contribution in [2.24, 2.45) is 5.92 Å². The van der Waals surface area contributed by atoms with E-state index < -0.39 is 5.60 Å². The first-order chi connectivity index (χ1) is 10.4. The molecule has 124 valence electrons. The number of carbonyl (C=O) groups is 1. The van der Waals surface area contributed by atoms with E-state index in [9.17, 15) is 4.79 Å². The van der Waals surface area contributed by atoms with Crippen molar-refractivity contribution in [2.45, 2.75) is 59.0 Å². The lowest BCUT2D eigenvalue weighted by Gasteiger charge is -2.26. The highest BCUT2D eigenvalue weighted by molar-refractivity contribution is 6.30. The number of hydrogen-bond acceptors (Lipinski definition) is 2. The maximum Gasteiger partial charge on any atom is 0.263 e. The summed E-state index contributed by atoms with van der Waals surface area (Å²) in [4.78, 5) is 12.4. The number of ether oxygens (including phenoxy) is 1. The van der Waals surface area contributed by atoms with Crippen LogP contribution in [0, 0.1) is 5.92 Å². The standard InChI is InChI=1S/C18H28ClNO2/c1-5-7-8-14(6-2)13-20-17(21)18(3,4)22-16-11-9-15(19)10-12-16/h9-12,14H,5-8,13H2,1-4H3,(H,20,21)/t14-/m0/s1. The van der Waals surface area contributed by atoms with Crippen LogP contribution in [0.3, 0.4) is 0 Å². The van der Waals surface area contributed by atoms with Crippen LogP contribution < -0.4 is 10.1 Å². The first-order valence-corrected chi connectivity index (χ1v) is 8.49. The van der Waals surface area contributed by atoms with Crippen LogP contribution in [0.2, 0.25) is 5.02 Å². The monoisotopic (exact) mass is 325 g/mol. The summed E-state index contributed by atoms with van der Waals surface area (Å²) < 4.78 is 5.80. The number of carbonyl (C=O) groups excluding carboxylic acids is 1. The summed E-state index contributed by atoms with van der Waals surface area (Å²) in [7, 11) is 0. The highest BCUT2D eigenvalue weighted by atomic mass is 35.5.